The second-order valence-electron chi connectivity index (χ2n) is 4.43. The Morgan fingerprint density at radius 1 is 1.00 bits per heavy atom. The molecule has 2 aromatic rings. The molecule has 92 valence electrons. The minimum Gasteiger partial charge on any atom is -0.383 e. The molecule has 1 heterocycles. The van der Waals surface area contributed by atoms with Gasteiger partial charge in [-0.05, 0) is 42.8 Å². The number of rotatable bonds is 1. The fraction of sp³-hybridized carbons (Fsp3) is 0.200. The first-order valence-electron chi connectivity index (χ1n) is 6.20. The number of anilines is 3. The summed E-state index contributed by atoms with van der Waals surface area (Å²) in [4.78, 5) is 2.38. The van der Waals surface area contributed by atoms with Gasteiger partial charge >= 0.3 is 0 Å². The van der Waals surface area contributed by atoms with Gasteiger partial charge in [0.2, 0.25) is 0 Å². The minimum absolute atomic E-state index is 1.03. The quantitative estimate of drug-likeness (QED) is 0.840. The van der Waals surface area contributed by atoms with Gasteiger partial charge in [0.05, 0.1) is 11.4 Å². The summed E-state index contributed by atoms with van der Waals surface area (Å²) in [6.45, 7) is 2.08. The lowest BCUT2D eigenvalue weighted by Gasteiger charge is -2.24. The van der Waals surface area contributed by atoms with Crippen LogP contribution in [0.2, 0.25) is 0 Å². The van der Waals surface area contributed by atoms with Gasteiger partial charge in [0.25, 0.3) is 0 Å². The lowest BCUT2D eigenvalue weighted by Crippen LogP contribution is -2.17. The van der Waals surface area contributed by atoms with Crippen molar-refractivity contribution in [1.29, 1.82) is 0 Å². The van der Waals surface area contributed by atoms with E-state index >= 15 is 0 Å². The van der Waals surface area contributed by atoms with Crippen LogP contribution in [0, 0.1) is 0 Å². The predicted octanol–water partition coefficient (Wildman–Crippen LogP) is 4.40. The van der Waals surface area contributed by atoms with Gasteiger partial charge in [-0.3, -0.25) is 0 Å². The molecule has 3 rings (SSSR count). The van der Waals surface area contributed by atoms with Crippen molar-refractivity contribution in [3.63, 3.8) is 0 Å². The molecule has 0 unspecified atom stereocenters. The van der Waals surface area contributed by atoms with Gasteiger partial charge in [-0.1, -0.05) is 28.1 Å². The van der Waals surface area contributed by atoms with E-state index in [0.29, 0.717) is 0 Å². The van der Waals surface area contributed by atoms with E-state index in [1.165, 1.54) is 17.1 Å². The van der Waals surface area contributed by atoms with Gasteiger partial charge in [0.15, 0.2) is 0 Å². The van der Waals surface area contributed by atoms with Crippen molar-refractivity contribution in [3.05, 3.63) is 53.0 Å². The number of para-hydroxylation sites is 2. The molecule has 0 bridgehead atoms. The monoisotopic (exact) mass is 302 g/mol. The average molecular weight is 303 g/mol. The van der Waals surface area contributed by atoms with E-state index in [-0.39, 0.29) is 0 Å². The molecule has 0 aliphatic carbocycles. The highest BCUT2D eigenvalue weighted by molar-refractivity contribution is 9.10. The van der Waals surface area contributed by atoms with Gasteiger partial charge in [-0.2, -0.15) is 0 Å². The molecule has 1 aliphatic heterocycles. The zero-order chi connectivity index (χ0) is 12.4. The van der Waals surface area contributed by atoms with Crippen molar-refractivity contribution in [2.75, 3.05) is 23.3 Å². The number of nitrogens with one attached hydrogen (secondary N) is 1. The van der Waals surface area contributed by atoms with Gasteiger partial charge < -0.3 is 10.2 Å². The second-order valence-corrected chi connectivity index (χ2v) is 5.34. The molecule has 0 amide bonds. The Labute approximate surface area is 116 Å². The Morgan fingerprint density at radius 3 is 2.61 bits per heavy atom. The minimum atomic E-state index is 1.03. The molecule has 0 atom stereocenters. The largest absolute Gasteiger partial charge is 0.383 e. The lowest BCUT2D eigenvalue weighted by molar-refractivity contribution is 0.863. The maximum absolute atomic E-state index is 3.49. The molecule has 0 radical (unpaired) electrons. The molecule has 0 saturated heterocycles. The molecule has 2 aromatic carbocycles. The van der Waals surface area contributed by atoms with Crippen LogP contribution in [0.5, 0.6) is 0 Å². The molecule has 0 spiro atoms. The highest BCUT2D eigenvalue weighted by Gasteiger charge is 2.15. The van der Waals surface area contributed by atoms with Gasteiger partial charge in [-0.15, -0.1) is 0 Å². The molecule has 2 nitrogen and oxygen atoms in total. The average Bonchev–Trinajstić information content (AvgIpc) is 2.62. The summed E-state index contributed by atoms with van der Waals surface area (Å²) >= 11 is 3.49. The van der Waals surface area contributed by atoms with Crippen LogP contribution in [-0.4, -0.2) is 13.1 Å². The van der Waals surface area contributed by atoms with Gasteiger partial charge in [-0.25, -0.2) is 0 Å². The highest BCUT2D eigenvalue weighted by Crippen LogP contribution is 2.34. The molecular formula is C15H15BrN2. The first-order valence-corrected chi connectivity index (χ1v) is 7.00. The van der Waals surface area contributed by atoms with Gasteiger partial charge in [0, 0.05) is 23.2 Å². The SMILES string of the molecule is Brc1ccc(N2CCCNc3ccccc32)cc1. The summed E-state index contributed by atoms with van der Waals surface area (Å²) in [6.07, 6.45) is 1.14. The van der Waals surface area contributed by atoms with E-state index in [9.17, 15) is 0 Å². The maximum atomic E-state index is 3.49. The van der Waals surface area contributed by atoms with Gasteiger partial charge in [0.1, 0.15) is 0 Å². The van der Waals surface area contributed by atoms with Crippen LogP contribution in [0.25, 0.3) is 0 Å². The standard InChI is InChI=1S/C15H15BrN2/c16-12-6-8-13(9-7-12)18-11-3-10-17-14-4-1-2-5-15(14)18/h1-2,4-9,17H,3,10-11H2. The number of hydrogen-bond acceptors (Lipinski definition) is 2. The van der Waals surface area contributed by atoms with Crippen LogP contribution in [-0.2, 0) is 0 Å². The Hall–Kier alpha value is -1.48. The second kappa shape index (κ2) is 5.02. The molecule has 3 heteroatoms. The Morgan fingerprint density at radius 2 is 1.78 bits per heavy atom. The molecule has 0 saturated carbocycles. The number of nitrogens with zero attached hydrogens (tertiary/aromatic N) is 1. The van der Waals surface area contributed by atoms with Crippen LogP contribution < -0.4 is 10.2 Å². The molecule has 1 N–H and O–H groups in total. The molecule has 0 fully saturated rings. The zero-order valence-electron chi connectivity index (χ0n) is 10.1. The summed E-state index contributed by atoms with van der Waals surface area (Å²) in [5.74, 6) is 0. The van der Waals surface area contributed by atoms with Crippen molar-refractivity contribution in [2.24, 2.45) is 0 Å². The van der Waals surface area contributed by atoms with Crippen molar-refractivity contribution in [3.8, 4) is 0 Å². The topological polar surface area (TPSA) is 15.3 Å². The Balaban J connectivity index is 2.03. The third kappa shape index (κ3) is 2.23. The summed E-state index contributed by atoms with van der Waals surface area (Å²) in [7, 11) is 0. The summed E-state index contributed by atoms with van der Waals surface area (Å²) < 4.78 is 1.12. The zero-order valence-corrected chi connectivity index (χ0v) is 11.7. The molecule has 18 heavy (non-hydrogen) atoms. The maximum Gasteiger partial charge on any atom is 0.0646 e. The number of benzene rings is 2. The van der Waals surface area contributed by atoms with Crippen LogP contribution >= 0.6 is 15.9 Å². The van der Waals surface area contributed by atoms with E-state index in [0.717, 1.165) is 24.0 Å². The molecule has 0 aromatic heterocycles. The number of hydrogen-bond donors (Lipinski definition) is 1. The summed E-state index contributed by atoms with van der Waals surface area (Å²) in [5, 5.41) is 3.49. The predicted molar refractivity (Wildman–Crippen MR) is 80.7 cm³/mol. The fourth-order valence-corrected chi connectivity index (χ4v) is 2.59. The smallest absolute Gasteiger partial charge is 0.0646 e. The first-order chi connectivity index (χ1) is 8.84. The third-order valence-corrected chi connectivity index (χ3v) is 3.74. The van der Waals surface area contributed by atoms with Crippen LogP contribution in [0.3, 0.4) is 0 Å². The highest BCUT2D eigenvalue weighted by atomic mass is 79.9. The van der Waals surface area contributed by atoms with Crippen LogP contribution in [0.4, 0.5) is 17.1 Å². The lowest BCUT2D eigenvalue weighted by atomic mass is 10.2. The first kappa shape index (κ1) is 11.6. The Bertz CT molecular complexity index is 536. The van der Waals surface area contributed by atoms with E-state index in [1.807, 2.05) is 0 Å². The van der Waals surface area contributed by atoms with Crippen molar-refractivity contribution < 1.29 is 0 Å². The van der Waals surface area contributed by atoms with Crippen molar-refractivity contribution >= 4 is 33.0 Å². The summed E-state index contributed by atoms with van der Waals surface area (Å²) in [6, 6.07) is 17.0. The normalized spacial score (nSPS) is 14.6. The van der Waals surface area contributed by atoms with Crippen molar-refractivity contribution in [1.82, 2.24) is 0 Å². The molecule has 1 aliphatic rings. The number of halogens is 1. The van der Waals surface area contributed by atoms with E-state index in [2.05, 4.69) is 74.7 Å². The third-order valence-electron chi connectivity index (χ3n) is 3.21. The van der Waals surface area contributed by atoms with Crippen LogP contribution in [0.15, 0.2) is 53.0 Å². The van der Waals surface area contributed by atoms with E-state index < -0.39 is 0 Å². The van der Waals surface area contributed by atoms with Crippen molar-refractivity contribution in [2.45, 2.75) is 6.42 Å². The van der Waals surface area contributed by atoms with E-state index in [4.69, 9.17) is 0 Å². The fourth-order valence-electron chi connectivity index (χ4n) is 2.33. The molecular weight excluding hydrogens is 288 g/mol. The number of fused-ring (bicyclic) bond motifs is 1. The summed E-state index contributed by atoms with van der Waals surface area (Å²) in [5.41, 5.74) is 3.73. The Kier molecular flexibility index (Phi) is 3.24. The van der Waals surface area contributed by atoms with E-state index in [1.54, 1.807) is 0 Å². The van der Waals surface area contributed by atoms with Crippen LogP contribution in [0.1, 0.15) is 6.42 Å².